The molecule has 0 saturated heterocycles. The maximum atomic E-state index is 13.2. The molecule has 0 aliphatic carbocycles. The second-order valence-corrected chi connectivity index (χ2v) is 4.16. The van der Waals surface area contributed by atoms with Gasteiger partial charge < -0.3 is 9.84 Å². The molecule has 114 valence electrons. The molecule has 0 radical (unpaired) electrons. The highest BCUT2D eigenvalue weighted by molar-refractivity contribution is 5.96. The Hall–Kier alpha value is -2.41. The van der Waals surface area contributed by atoms with Gasteiger partial charge in [0, 0.05) is 0 Å². The van der Waals surface area contributed by atoms with E-state index in [0.29, 0.717) is 17.2 Å². The Bertz CT molecular complexity index is 570. The Morgan fingerprint density at radius 3 is 2.57 bits per heavy atom. The predicted octanol–water partition coefficient (Wildman–Crippen LogP) is 1.64. The first-order valence-corrected chi connectivity index (χ1v) is 5.98. The zero-order valence-electron chi connectivity index (χ0n) is 11.9. The van der Waals surface area contributed by atoms with E-state index in [4.69, 9.17) is 4.84 Å². The van der Waals surface area contributed by atoms with Crippen LogP contribution in [0.25, 0.3) is 0 Å². The molecule has 1 N–H and O–H groups in total. The Kier molecular flexibility index (Phi) is 5.86. The number of aliphatic hydroxyl groups is 1. The fourth-order valence-corrected chi connectivity index (χ4v) is 1.56. The van der Waals surface area contributed by atoms with Gasteiger partial charge in [-0.3, -0.25) is 9.63 Å². The summed E-state index contributed by atoms with van der Waals surface area (Å²) in [5.74, 6) is -2.96. The van der Waals surface area contributed by atoms with Gasteiger partial charge in [-0.25, -0.2) is 14.2 Å². The van der Waals surface area contributed by atoms with Gasteiger partial charge in [-0.2, -0.15) is 0 Å². The van der Waals surface area contributed by atoms with Crippen molar-refractivity contribution in [3.8, 4) is 0 Å². The van der Waals surface area contributed by atoms with E-state index in [2.05, 4.69) is 4.74 Å². The minimum atomic E-state index is -1.03. The number of hydroxylamine groups is 2. The highest BCUT2D eigenvalue weighted by atomic mass is 19.1. The van der Waals surface area contributed by atoms with Gasteiger partial charge >= 0.3 is 5.97 Å². The summed E-state index contributed by atoms with van der Waals surface area (Å²) in [4.78, 5) is 27.7. The van der Waals surface area contributed by atoms with Crippen LogP contribution in [0.2, 0.25) is 0 Å². The number of aliphatic hydroxyl groups excluding tert-OH is 1. The summed E-state index contributed by atoms with van der Waals surface area (Å²) in [6.07, 6.45) is 0.686. The Morgan fingerprint density at radius 2 is 2.05 bits per heavy atom. The molecular weight excluding hydrogens is 281 g/mol. The van der Waals surface area contributed by atoms with Gasteiger partial charge in [0.05, 0.1) is 26.8 Å². The van der Waals surface area contributed by atoms with Crippen LogP contribution in [0.3, 0.4) is 0 Å². The molecule has 21 heavy (non-hydrogen) atoms. The normalized spacial score (nSPS) is 11.1. The fourth-order valence-electron chi connectivity index (χ4n) is 1.56. The molecule has 0 atom stereocenters. The van der Waals surface area contributed by atoms with Gasteiger partial charge in [0.25, 0.3) is 5.91 Å². The zero-order chi connectivity index (χ0) is 16.0. The number of amides is 1. The minimum Gasteiger partial charge on any atom is -0.502 e. The maximum Gasteiger partial charge on any atom is 0.373 e. The molecule has 1 aromatic carbocycles. The molecule has 1 rings (SSSR count). The monoisotopic (exact) mass is 297 g/mol. The van der Waals surface area contributed by atoms with E-state index in [9.17, 15) is 19.1 Å². The van der Waals surface area contributed by atoms with Crippen molar-refractivity contribution < 1.29 is 28.7 Å². The molecule has 0 bridgehead atoms. The standard InChI is InChI=1S/C14H16FNO5/c1-9-6-10(4-5-11(9)15)8-16(21-3)13(18)7-12(17)14(19)20-2/h4-7,17H,8H2,1-3H3. The van der Waals surface area contributed by atoms with Crippen molar-refractivity contribution in [2.75, 3.05) is 14.2 Å². The lowest BCUT2D eigenvalue weighted by Crippen LogP contribution is -2.28. The molecule has 0 heterocycles. The topological polar surface area (TPSA) is 76.1 Å². The number of halogens is 1. The Morgan fingerprint density at radius 1 is 1.38 bits per heavy atom. The fraction of sp³-hybridized carbons (Fsp3) is 0.286. The average Bonchev–Trinajstić information content (AvgIpc) is 2.47. The number of hydrogen-bond donors (Lipinski definition) is 1. The first-order valence-electron chi connectivity index (χ1n) is 5.98. The van der Waals surface area contributed by atoms with Crippen molar-refractivity contribution in [1.82, 2.24) is 5.06 Å². The molecule has 6 nitrogen and oxygen atoms in total. The Labute approximate surface area is 121 Å². The van der Waals surface area contributed by atoms with Crippen LogP contribution in [0.4, 0.5) is 4.39 Å². The van der Waals surface area contributed by atoms with Crippen LogP contribution >= 0.6 is 0 Å². The number of benzene rings is 1. The van der Waals surface area contributed by atoms with E-state index in [1.54, 1.807) is 13.0 Å². The number of rotatable bonds is 5. The highest BCUT2D eigenvalue weighted by Crippen LogP contribution is 2.12. The van der Waals surface area contributed by atoms with Crippen molar-refractivity contribution in [3.05, 3.63) is 47.0 Å². The number of carbonyl (C=O) groups is 2. The maximum absolute atomic E-state index is 13.2. The lowest BCUT2D eigenvalue weighted by molar-refractivity contribution is -0.173. The minimum absolute atomic E-state index is 0.0292. The molecule has 0 fully saturated rings. The van der Waals surface area contributed by atoms with Crippen LogP contribution in [0.15, 0.2) is 30.0 Å². The molecule has 0 saturated carbocycles. The van der Waals surface area contributed by atoms with Crippen LogP contribution in [0.1, 0.15) is 11.1 Å². The summed E-state index contributed by atoms with van der Waals surface area (Å²) in [5, 5.41) is 10.2. The summed E-state index contributed by atoms with van der Waals surface area (Å²) in [5.41, 5.74) is 1.07. The van der Waals surface area contributed by atoms with E-state index >= 15 is 0 Å². The summed E-state index contributed by atoms with van der Waals surface area (Å²) < 4.78 is 17.4. The molecule has 0 unspecified atom stereocenters. The summed E-state index contributed by atoms with van der Waals surface area (Å²) >= 11 is 0. The number of ether oxygens (including phenoxy) is 1. The Balaban J connectivity index is 2.85. The van der Waals surface area contributed by atoms with E-state index in [1.165, 1.54) is 19.2 Å². The number of esters is 1. The predicted molar refractivity (Wildman–Crippen MR) is 71.4 cm³/mol. The third-order valence-electron chi connectivity index (χ3n) is 2.67. The molecule has 0 aliphatic rings. The lowest BCUT2D eigenvalue weighted by atomic mass is 10.1. The van der Waals surface area contributed by atoms with Crippen molar-refractivity contribution in [2.24, 2.45) is 0 Å². The molecule has 0 aliphatic heterocycles. The quantitative estimate of drug-likeness (QED) is 0.387. The number of hydrogen-bond acceptors (Lipinski definition) is 5. The molecule has 1 aromatic rings. The van der Waals surface area contributed by atoms with Crippen LogP contribution in [-0.2, 0) is 25.7 Å². The highest BCUT2D eigenvalue weighted by Gasteiger charge is 2.16. The van der Waals surface area contributed by atoms with Crippen molar-refractivity contribution in [3.63, 3.8) is 0 Å². The number of aryl methyl sites for hydroxylation is 1. The number of nitrogens with zero attached hydrogens (tertiary/aromatic N) is 1. The van der Waals surface area contributed by atoms with Gasteiger partial charge in [-0.1, -0.05) is 12.1 Å². The molecule has 1 amide bonds. The second-order valence-electron chi connectivity index (χ2n) is 4.16. The SMILES string of the molecule is COC(=O)C(O)=CC(=O)N(Cc1ccc(F)c(C)c1)OC. The van der Waals surface area contributed by atoms with Gasteiger partial charge in [0.2, 0.25) is 5.76 Å². The average molecular weight is 297 g/mol. The van der Waals surface area contributed by atoms with E-state index in [1.807, 2.05) is 0 Å². The first-order chi connectivity index (χ1) is 9.88. The third-order valence-corrected chi connectivity index (χ3v) is 2.67. The summed E-state index contributed by atoms with van der Waals surface area (Å²) in [7, 11) is 2.34. The smallest absolute Gasteiger partial charge is 0.373 e. The van der Waals surface area contributed by atoms with Crippen molar-refractivity contribution >= 4 is 11.9 Å². The van der Waals surface area contributed by atoms with E-state index in [0.717, 1.165) is 12.2 Å². The van der Waals surface area contributed by atoms with Gasteiger partial charge in [0.1, 0.15) is 5.82 Å². The molecular formula is C14H16FNO5. The van der Waals surface area contributed by atoms with Gasteiger partial charge in [0.15, 0.2) is 0 Å². The van der Waals surface area contributed by atoms with Crippen LogP contribution in [0, 0.1) is 12.7 Å². The van der Waals surface area contributed by atoms with Crippen LogP contribution < -0.4 is 0 Å². The summed E-state index contributed by atoms with van der Waals surface area (Å²) in [6.45, 7) is 1.63. The molecule has 7 heteroatoms. The second kappa shape index (κ2) is 7.39. The van der Waals surface area contributed by atoms with Gasteiger partial charge in [-0.05, 0) is 24.1 Å². The first kappa shape index (κ1) is 16.6. The number of carbonyl (C=O) groups excluding carboxylic acids is 2. The van der Waals surface area contributed by atoms with Crippen molar-refractivity contribution in [2.45, 2.75) is 13.5 Å². The van der Waals surface area contributed by atoms with Crippen LogP contribution in [-0.4, -0.2) is 36.3 Å². The van der Waals surface area contributed by atoms with Crippen LogP contribution in [0.5, 0.6) is 0 Å². The zero-order valence-corrected chi connectivity index (χ0v) is 11.9. The lowest BCUT2D eigenvalue weighted by Gasteiger charge is -2.18. The van der Waals surface area contributed by atoms with E-state index in [-0.39, 0.29) is 12.4 Å². The third kappa shape index (κ3) is 4.57. The summed E-state index contributed by atoms with van der Waals surface area (Å²) in [6, 6.07) is 4.36. The molecule has 0 aromatic heterocycles. The van der Waals surface area contributed by atoms with Crippen molar-refractivity contribution in [1.29, 1.82) is 0 Å². The van der Waals surface area contributed by atoms with Gasteiger partial charge in [-0.15, -0.1) is 0 Å². The largest absolute Gasteiger partial charge is 0.502 e. The molecule has 0 spiro atoms. The van der Waals surface area contributed by atoms with E-state index < -0.39 is 17.6 Å². The number of methoxy groups -OCH3 is 1.